The quantitative estimate of drug-likeness (QED) is 0.706. The largest absolute Gasteiger partial charge is 0.446 e. The van der Waals surface area contributed by atoms with Crippen LogP contribution in [-0.4, -0.2) is 13.0 Å². The van der Waals surface area contributed by atoms with Gasteiger partial charge in [-0.15, -0.1) is 0 Å². The fourth-order valence-electron chi connectivity index (χ4n) is 2.28. The molecule has 0 fully saturated rings. The van der Waals surface area contributed by atoms with Crippen molar-refractivity contribution in [2.24, 2.45) is 0 Å². The molecule has 3 aromatic carbocycles. The van der Waals surface area contributed by atoms with Crippen molar-refractivity contribution in [1.29, 1.82) is 0 Å². The molecule has 0 spiro atoms. The third kappa shape index (κ3) is 4.00. The molecule has 0 unspecified atom stereocenters. The summed E-state index contributed by atoms with van der Waals surface area (Å²) >= 11 is 0. The second-order valence-corrected chi connectivity index (χ2v) is 6.25. The first-order valence-corrected chi connectivity index (χ1v) is 8.30. The van der Waals surface area contributed by atoms with Gasteiger partial charge in [-0.2, -0.15) is 8.42 Å². The van der Waals surface area contributed by atoms with Gasteiger partial charge < -0.3 is 9.50 Å². The van der Waals surface area contributed by atoms with Gasteiger partial charge in [-0.1, -0.05) is 29.8 Å². The number of aryl methyl sites for hydroxylation is 1. The van der Waals surface area contributed by atoms with Gasteiger partial charge >= 0.3 is 10.4 Å². The van der Waals surface area contributed by atoms with Crippen LogP contribution in [0, 0.1) is 6.92 Å². The van der Waals surface area contributed by atoms with Crippen LogP contribution < -0.4 is 9.50 Å². The highest BCUT2D eigenvalue weighted by Gasteiger charge is 2.07. The van der Waals surface area contributed by atoms with E-state index in [-0.39, 0.29) is 5.75 Å². The molecule has 3 rings (SSSR count). The van der Waals surface area contributed by atoms with Gasteiger partial charge in [-0.05, 0) is 54.1 Å². The standard InChI is InChI=1S/C17H15NO4S/c1-12-2-6-15(7-3-12)18-16-8-4-14-11-17(22-23(19,20)21)9-5-13(14)10-16/h2-11,18H,1H3,(H,19,20,21). The lowest BCUT2D eigenvalue weighted by molar-refractivity contribution is 0.387. The lowest BCUT2D eigenvalue weighted by Crippen LogP contribution is -2.06. The molecule has 3 aromatic rings. The number of benzene rings is 3. The van der Waals surface area contributed by atoms with E-state index in [2.05, 4.69) is 9.50 Å². The number of hydrogen-bond donors (Lipinski definition) is 2. The molecule has 0 aromatic heterocycles. The van der Waals surface area contributed by atoms with Gasteiger partial charge in [-0.3, -0.25) is 4.55 Å². The predicted octanol–water partition coefficient (Wildman–Crippen LogP) is 4.07. The molecule has 5 nitrogen and oxygen atoms in total. The van der Waals surface area contributed by atoms with Crippen molar-refractivity contribution in [3.8, 4) is 5.75 Å². The van der Waals surface area contributed by atoms with Gasteiger partial charge in [0, 0.05) is 11.4 Å². The minimum Gasteiger partial charge on any atom is -0.362 e. The summed E-state index contributed by atoms with van der Waals surface area (Å²) in [6.07, 6.45) is 0. The molecule has 0 heterocycles. The van der Waals surface area contributed by atoms with Gasteiger partial charge in [0.05, 0.1) is 0 Å². The van der Waals surface area contributed by atoms with Gasteiger partial charge in [0.2, 0.25) is 0 Å². The molecular formula is C17H15NO4S. The van der Waals surface area contributed by atoms with Crippen LogP contribution in [0.5, 0.6) is 5.75 Å². The van der Waals surface area contributed by atoms with Crippen LogP contribution in [0.25, 0.3) is 10.8 Å². The van der Waals surface area contributed by atoms with Crippen molar-refractivity contribution in [1.82, 2.24) is 0 Å². The molecule has 0 atom stereocenters. The van der Waals surface area contributed by atoms with Crippen LogP contribution in [-0.2, 0) is 10.4 Å². The minimum atomic E-state index is -4.51. The minimum absolute atomic E-state index is 0.0687. The van der Waals surface area contributed by atoms with Crippen molar-refractivity contribution in [3.05, 3.63) is 66.2 Å². The molecule has 0 aliphatic heterocycles. The molecule has 0 radical (unpaired) electrons. The molecule has 0 bridgehead atoms. The number of hydrogen-bond acceptors (Lipinski definition) is 4. The van der Waals surface area contributed by atoms with Crippen molar-refractivity contribution in [3.63, 3.8) is 0 Å². The highest BCUT2D eigenvalue weighted by atomic mass is 32.3. The Morgan fingerprint density at radius 2 is 1.48 bits per heavy atom. The Hall–Kier alpha value is -2.57. The van der Waals surface area contributed by atoms with E-state index in [0.717, 1.165) is 22.1 Å². The number of nitrogens with one attached hydrogen (secondary N) is 1. The van der Waals surface area contributed by atoms with Crippen LogP contribution in [0.1, 0.15) is 5.56 Å². The molecular weight excluding hydrogens is 314 g/mol. The van der Waals surface area contributed by atoms with Gasteiger partial charge in [0.25, 0.3) is 0 Å². The third-order valence-electron chi connectivity index (χ3n) is 3.35. The van der Waals surface area contributed by atoms with Crippen LogP contribution in [0.3, 0.4) is 0 Å². The van der Waals surface area contributed by atoms with E-state index in [9.17, 15) is 8.42 Å². The Morgan fingerprint density at radius 1 is 0.870 bits per heavy atom. The Labute approximate surface area is 134 Å². The van der Waals surface area contributed by atoms with E-state index in [0.29, 0.717) is 0 Å². The average Bonchev–Trinajstić information content (AvgIpc) is 2.48. The summed E-state index contributed by atoms with van der Waals surface area (Å²) in [4.78, 5) is 0. The Morgan fingerprint density at radius 3 is 2.17 bits per heavy atom. The first-order chi connectivity index (χ1) is 10.9. The van der Waals surface area contributed by atoms with Crippen molar-refractivity contribution in [2.75, 3.05) is 5.32 Å². The van der Waals surface area contributed by atoms with Gasteiger partial charge in [0.1, 0.15) is 5.75 Å². The zero-order chi connectivity index (χ0) is 16.4. The molecule has 0 saturated heterocycles. The number of fused-ring (bicyclic) bond motifs is 1. The second-order valence-electron chi connectivity index (χ2n) is 5.23. The average molecular weight is 329 g/mol. The molecule has 0 aliphatic rings. The summed E-state index contributed by atoms with van der Waals surface area (Å²) in [5.41, 5.74) is 3.10. The van der Waals surface area contributed by atoms with Crippen LogP contribution >= 0.6 is 0 Å². The smallest absolute Gasteiger partial charge is 0.362 e. The second kappa shape index (κ2) is 5.91. The number of anilines is 2. The lowest BCUT2D eigenvalue weighted by Gasteiger charge is -2.09. The van der Waals surface area contributed by atoms with E-state index < -0.39 is 10.4 Å². The molecule has 0 aliphatic carbocycles. The molecule has 23 heavy (non-hydrogen) atoms. The van der Waals surface area contributed by atoms with Gasteiger partial charge in [0.15, 0.2) is 0 Å². The predicted molar refractivity (Wildman–Crippen MR) is 90.6 cm³/mol. The molecule has 118 valence electrons. The van der Waals surface area contributed by atoms with E-state index >= 15 is 0 Å². The van der Waals surface area contributed by atoms with Crippen LogP contribution in [0.2, 0.25) is 0 Å². The van der Waals surface area contributed by atoms with Gasteiger partial charge in [-0.25, -0.2) is 0 Å². The Balaban J connectivity index is 1.87. The van der Waals surface area contributed by atoms with E-state index in [1.807, 2.05) is 49.4 Å². The van der Waals surface area contributed by atoms with E-state index in [4.69, 9.17) is 4.55 Å². The SMILES string of the molecule is Cc1ccc(Nc2ccc3cc(OS(=O)(=O)O)ccc3c2)cc1. The third-order valence-corrected chi connectivity index (χ3v) is 3.76. The maximum atomic E-state index is 10.7. The summed E-state index contributed by atoms with van der Waals surface area (Å²) in [5.74, 6) is 0.0687. The zero-order valence-electron chi connectivity index (χ0n) is 12.4. The fourth-order valence-corrected chi connectivity index (χ4v) is 2.63. The number of rotatable bonds is 4. The highest BCUT2D eigenvalue weighted by Crippen LogP contribution is 2.26. The maximum Gasteiger partial charge on any atom is 0.446 e. The molecule has 0 saturated carbocycles. The lowest BCUT2D eigenvalue weighted by atomic mass is 10.1. The maximum absolute atomic E-state index is 10.7. The summed E-state index contributed by atoms with van der Waals surface area (Å²) < 4.78 is 34.7. The highest BCUT2D eigenvalue weighted by molar-refractivity contribution is 7.81. The Kier molecular flexibility index (Phi) is 3.94. The normalized spacial score (nSPS) is 11.4. The first kappa shape index (κ1) is 15.3. The van der Waals surface area contributed by atoms with Crippen molar-refractivity contribution < 1.29 is 17.2 Å². The van der Waals surface area contributed by atoms with Crippen molar-refractivity contribution in [2.45, 2.75) is 6.92 Å². The summed E-state index contributed by atoms with van der Waals surface area (Å²) in [6.45, 7) is 2.03. The molecule has 0 amide bonds. The summed E-state index contributed by atoms with van der Waals surface area (Å²) in [5, 5.41) is 5.04. The van der Waals surface area contributed by atoms with E-state index in [1.54, 1.807) is 12.1 Å². The molecule has 6 heteroatoms. The van der Waals surface area contributed by atoms with Crippen LogP contribution in [0.4, 0.5) is 11.4 Å². The van der Waals surface area contributed by atoms with Crippen molar-refractivity contribution >= 4 is 32.5 Å². The monoisotopic (exact) mass is 329 g/mol. The van der Waals surface area contributed by atoms with E-state index in [1.165, 1.54) is 11.6 Å². The molecule has 2 N–H and O–H groups in total. The Bertz CT molecular complexity index is 950. The summed E-state index contributed by atoms with van der Waals surface area (Å²) in [6, 6.07) is 18.5. The zero-order valence-corrected chi connectivity index (χ0v) is 13.2. The first-order valence-electron chi connectivity index (χ1n) is 6.93. The summed E-state index contributed by atoms with van der Waals surface area (Å²) in [7, 11) is -4.51. The fraction of sp³-hybridized carbons (Fsp3) is 0.0588. The topological polar surface area (TPSA) is 75.6 Å². The van der Waals surface area contributed by atoms with Crippen LogP contribution in [0.15, 0.2) is 60.7 Å².